The van der Waals surface area contributed by atoms with Gasteiger partial charge in [0.15, 0.2) is 0 Å². The van der Waals surface area contributed by atoms with E-state index in [0.717, 1.165) is 11.1 Å². The molecule has 0 amide bonds. The maximum Gasteiger partial charge on any atom is 0.333 e. The fraction of sp³-hybridized carbons (Fsp3) is 0.379. The second-order valence-corrected chi connectivity index (χ2v) is 9.29. The van der Waals surface area contributed by atoms with E-state index in [-0.39, 0.29) is 30.8 Å². The minimum absolute atomic E-state index is 0.155. The van der Waals surface area contributed by atoms with E-state index in [1.807, 2.05) is 62.4 Å². The van der Waals surface area contributed by atoms with E-state index in [0.29, 0.717) is 22.6 Å². The minimum Gasteiger partial charge on any atom is -0.487 e. The predicted octanol–water partition coefficient (Wildman–Crippen LogP) is 5.79. The number of hydrogen-bond donors (Lipinski definition) is 0. The SMILES string of the molecule is C=C(C)C(=O)OCC(C)Oc1ccc(C(C)(C)c2ccc(OC(C)COC(=O)C(=C)C)cc2)cc1. The standard InChI is InChI=1S/C29H36O6/c1-19(2)27(30)32-17-21(5)34-25-13-9-23(10-14-25)29(7,8)24-11-15-26(16-12-24)35-22(6)18-33-28(31)20(3)4/h9-16,21-22H,1,3,17-18H2,2,4-8H3. The molecule has 0 bridgehead atoms. The van der Waals surface area contributed by atoms with Crippen molar-refractivity contribution >= 4 is 11.9 Å². The zero-order chi connectivity index (χ0) is 26.2. The van der Waals surface area contributed by atoms with Crippen molar-refractivity contribution in [2.75, 3.05) is 13.2 Å². The molecule has 0 aliphatic rings. The van der Waals surface area contributed by atoms with Crippen molar-refractivity contribution in [3.05, 3.63) is 84.0 Å². The van der Waals surface area contributed by atoms with Crippen LogP contribution in [0.5, 0.6) is 11.5 Å². The molecule has 188 valence electrons. The lowest BCUT2D eigenvalue weighted by atomic mass is 9.78. The van der Waals surface area contributed by atoms with Gasteiger partial charge < -0.3 is 18.9 Å². The van der Waals surface area contributed by atoms with Crippen LogP contribution in [0.4, 0.5) is 0 Å². The molecule has 2 rings (SSSR count). The van der Waals surface area contributed by atoms with Crippen LogP contribution >= 0.6 is 0 Å². The van der Waals surface area contributed by atoms with Crippen LogP contribution in [0.1, 0.15) is 52.7 Å². The number of rotatable bonds is 12. The van der Waals surface area contributed by atoms with Gasteiger partial charge in [-0.05, 0) is 63.1 Å². The van der Waals surface area contributed by atoms with E-state index in [2.05, 4.69) is 27.0 Å². The van der Waals surface area contributed by atoms with Gasteiger partial charge in [-0.1, -0.05) is 51.3 Å². The lowest BCUT2D eigenvalue weighted by molar-refractivity contribution is -0.141. The summed E-state index contributed by atoms with van der Waals surface area (Å²) in [5.41, 5.74) is 2.73. The van der Waals surface area contributed by atoms with Gasteiger partial charge in [0.25, 0.3) is 0 Å². The van der Waals surface area contributed by atoms with Gasteiger partial charge in [-0.2, -0.15) is 0 Å². The molecule has 0 heterocycles. The van der Waals surface area contributed by atoms with Gasteiger partial charge >= 0.3 is 11.9 Å². The summed E-state index contributed by atoms with van der Waals surface area (Å²) in [4.78, 5) is 23.1. The van der Waals surface area contributed by atoms with Gasteiger partial charge in [-0.25, -0.2) is 9.59 Å². The Morgan fingerprint density at radius 1 is 0.714 bits per heavy atom. The van der Waals surface area contributed by atoms with Crippen LogP contribution < -0.4 is 9.47 Å². The van der Waals surface area contributed by atoms with E-state index < -0.39 is 11.9 Å². The largest absolute Gasteiger partial charge is 0.487 e. The highest BCUT2D eigenvalue weighted by Gasteiger charge is 2.23. The number of esters is 2. The van der Waals surface area contributed by atoms with Crippen LogP contribution in [0.2, 0.25) is 0 Å². The van der Waals surface area contributed by atoms with Crippen LogP contribution in [0, 0.1) is 0 Å². The smallest absolute Gasteiger partial charge is 0.333 e. The van der Waals surface area contributed by atoms with Gasteiger partial charge in [-0.3, -0.25) is 0 Å². The summed E-state index contributed by atoms with van der Waals surface area (Å²) in [5.74, 6) is 0.561. The average molecular weight is 481 g/mol. The summed E-state index contributed by atoms with van der Waals surface area (Å²) in [6.07, 6.45) is -0.562. The first-order valence-electron chi connectivity index (χ1n) is 11.6. The highest BCUT2D eigenvalue weighted by Crippen LogP contribution is 2.33. The summed E-state index contributed by atoms with van der Waals surface area (Å²) in [6.45, 7) is 18.7. The molecule has 0 N–H and O–H groups in total. The predicted molar refractivity (Wildman–Crippen MR) is 137 cm³/mol. The second kappa shape index (κ2) is 12.2. The summed E-state index contributed by atoms with van der Waals surface area (Å²) in [5, 5.41) is 0. The minimum atomic E-state index is -0.422. The fourth-order valence-corrected chi connectivity index (χ4v) is 3.23. The van der Waals surface area contributed by atoms with Crippen molar-refractivity contribution in [1.29, 1.82) is 0 Å². The number of hydrogen-bond acceptors (Lipinski definition) is 6. The van der Waals surface area contributed by atoms with Crippen molar-refractivity contribution in [2.24, 2.45) is 0 Å². The lowest BCUT2D eigenvalue weighted by Crippen LogP contribution is -2.22. The molecule has 0 aliphatic heterocycles. The molecule has 6 nitrogen and oxygen atoms in total. The molecular formula is C29H36O6. The molecule has 0 fully saturated rings. The molecule has 2 aromatic rings. The van der Waals surface area contributed by atoms with Crippen LogP contribution in [-0.2, 0) is 24.5 Å². The molecule has 2 aromatic carbocycles. The van der Waals surface area contributed by atoms with Gasteiger partial charge in [0.1, 0.15) is 36.9 Å². The quantitative estimate of drug-likeness (QED) is 0.283. The Labute approximate surface area is 208 Å². The molecule has 6 heteroatoms. The first-order chi connectivity index (χ1) is 16.4. The Morgan fingerprint density at radius 2 is 1.03 bits per heavy atom. The first-order valence-corrected chi connectivity index (χ1v) is 11.6. The maximum absolute atomic E-state index is 11.5. The number of ether oxygens (including phenoxy) is 4. The highest BCUT2D eigenvalue weighted by atomic mass is 16.6. The Morgan fingerprint density at radius 3 is 1.31 bits per heavy atom. The van der Waals surface area contributed by atoms with E-state index in [1.54, 1.807) is 13.8 Å². The van der Waals surface area contributed by atoms with Gasteiger partial charge in [0, 0.05) is 16.6 Å². The molecule has 2 unspecified atom stereocenters. The topological polar surface area (TPSA) is 71.1 Å². The third-order valence-corrected chi connectivity index (χ3v) is 5.42. The molecule has 35 heavy (non-hydrogen) atoms. The molecule has 0 saturated heterocycles. The van der Waals surface area contributed by atoms with E-state index >= 15 is 0 Å². The Bertz CT molecular complexity index is 950. The fourth-order valence-electron chi connectivity index (χ4n) is 3.23. The number of benzene rings is 2. The van der Waals surface area contributed by atoms with Crippen molar-refractivity contribution in [2.45, 2.75) is 59.2 Å². The third-order valence-electron chi connectivity index (χ3n) is 5.42. The maximum atomic E-state index is 11.5. The summed E-state index contributed by atoms with van der Waals surface area (Å²) in [6, 6.07) is 15.8. The monoisotopic (exact) mass is 480 g/mol. The number of carbonyl (C=O) groups is 2. The van der Waals surface area contributed by atoms with Gasteiger partial charge in [0.2, 0.25) is 0 Å². The Hall–Kier alpha value is -3.54. The third kappa shape index (κ3) is 8.32. The lowest BCUT2D eigenvalue weighted by Gasteiger charge is -2.27. The molecule has 0 aromatic heterocycles. The van der Waals surface area contributed by atoms with E-state index in [9.17, 15) is 9.59 Å². The Kier molecular flexibility index (Phi) is 9.69. The number of carbonyl (C=O) groups excluding carboxylic acids is 2. The van der Waals surface area contributed by atoms with Gasteiger partial charge in [-0.15, -0.1) is 0 Å². The summed E-state index contributed by atoms with van der Waals surface area (Å²) in [7, 11) is 0. The molecule has 0 saturated carbocycles. The summed E-state index contributed by atoms with van der Waals surface area (Å²) < 4.78 is 22.0. The zero-order valence-electron chi connectivity index (χ0n) is 21.6. The second-order valence-electron chi connectivity index (χ2n) is 9.29. The summed E-state index contributed by atoms with van der Waals surface area (Å²) >= 11 is 0. The average Bonchev–Trinajstić information content (AvgIpc) is 2.81. The first kappa shape index (κ1) is 27.7. The zero-order valence-corrected chi connectivity index (χ0v) is 21.6. The van der Waals surface area contributed by atoms with Crippen molar-refractivity contribution in [1.82, 2.24) is 0 Å². The molecule has 0 radical (unpaired) electrons. The van der Waals surface area contributed by atoms with Crippen LogP contribution in [-0.4, -0.2) is 37.4 Å². The van der Waals surface area contributed by atoms with Gasteiger partial charge in [0.05, 0.1) is 0 Å². The Balaban J connectivity index is 1.96. The molecule has 0 spiro atoms. The van der Waals surface area contributed by atoms with Crippen molar-refractivity contribution in [3.8, 4) is 11.5 Å². The van der Waals surface area contributed by atoms with Crippen LogP contribution in [0.25, 0.3) is 0 Å². The highest BCUT2D eigenvalue weighted by molar-refractivity contribution is 5.87. The van der Waals surface area contributed by atoms with Crippen LogP contribution in [0.3, 0.4) is 0 Å². The molecule has 2 atom stereocenters. The van der Waals surface area contributed by atoms with E-state index in [1.165, 1.54) is 0 Å². The van der Waals surface area contributed by atoms with E-state index in [4.69, 9.17) is 18.9 Å². The van der Waals surface area contributed by atoms with Crippen molar-refractivity contribution < 1.29 is 28.5 Å². The van der Waals surface area contributed by atoms with Crippen LogP contribution in [0.15, 0.2) is 72.8 Å². The van der Waals surface area contributed by atoms with Crippen molar-refractivity contribution in [3.63, 3.8) is 0 Å². The molecular weight excluding hydrogens is 444 g/mol. The molecule has 0 aliphatic carbocycles. The normalized spacial score (nSPS) is 12.7.